The van der Waals surface area contributed by atoms with Crippen LogP contribution in [-0.4, -0.2) is 66.5 Å². The highest BCUT2D eigenvalue weighted by molar-refractivity contribution is 6.46. The molecule has 0 saturated carbocycles. The number of rotatable bonds is 13. The van der Waals surface area contributed by atoms with Crippen molar-refractivity contribution in [3.8, 4) is 11.5 Å². The van der Waals surface area contributed by atoms with Gasteiger partial charge in [0, 0.05) is 12.1 Å². The zero-order valence-electron chi connectivity index (χ0n) is 21.8. The van der Waals surface area contributed by atoms with Crippen molar-refractivity contribution >= 4 is 17.4 Å². The molecule has 1 aliphatic rings. The number of ether oxygens (including phenoxy) is 2. The lowest BCUT2D eigenvalue weighted by atomic mass is 9.95. The number of nitrogens with zero attached hydrogens (tertiary/aromatic N) is 2. The van der Waals surface area contributed by atoms with Crippen molar-refractivity contribution in [2.45, 2.75) is 46.1 Å². The molecule has 194 valence electrons. The summed E-state index contributed by atoms with van der Waals surface area (Å²) in [5.74, 6) is -0.179. The number of carbonyl (C=O) groups excluding carboxylic acids is 2. The fraction of sp³-hybridized carbons (Fsp3) is 0.448. The molecule has 1 heterocycles. The highest BCUT2D eigenvalue weighted by Crippen LogP contribution is 2.40. The molecule has 7 heteroatoms. The molecule has 1 amide bonds. The number of hydrogen-bond acceptors (Lipinski definition) is 6. The van der Waals surface area contributed by atoms with Gasteiger partial charge in [-0.1, -0.05) is 51.5 Å². The van der Waals surface area contributed by atoms with Gasteiger partial charge in [0.05, 0.1) is 25.3 Å². The summed E-state index contributed by atoms with van der Waals surface area (Å²) >= 11 is 0. The molecule has 1 N–H and O–H groups in total. The van der Waals surface area contributed by atoms with E-state index in [4.69, 9.17) is 9.47 Å². The average Bonchev–Trinajstić information content (AvgIpc) is 3.16. The highest BCUT2D eigenvalue weighted by atomic mass is 16.5. The van der Waals surface area contributed by atoms with Crippen molar-refractivity contribution in [3.05, 3.63) is 65.2 Å². The Morgan fingerprint density at radius 1 is 1.00 bits per heavy atom. The predicted molar refractivity (Wildman–Crippen MR) is 141 cm³/mol. The quantitative estimate of drug-likeness (QED) is 0.182. The Hall–Kier alpha value is -3.32. The maximum Gasteiger partial charge on any atom is 0.295 e. The van der Waals surface area contributed by atoms with E-state index in [0.29, 0.717) is 24.5 Å². The molecule has 0 aliphatic carbocycles. The van der Waals surface area contributed by atoms with Gasteiger partial charge in [-0.3, -0.25) is 9.59 Å². The third-order valence-electron chi connectivity index (χ3n) is 6.61. The minimum Gasteiger partial charge on any atom is -0.507 e. The van der Waals surface area contributed by atoms with Gasteiger partial charge >= 0.3 is 0 Å². The van der Waals surface area contributed by atoms with Gasteiger partial charge in [-0.25, -0.2) is 0 Å². The molecular formula is C29H38N2O5. The first kappa shape index (κ1) is 27.3. The van der Waals surface area contributed by atoms with E-state index < -0.39 is 17.7 Å². The molecule has 0 radical (unpaired) electrons. The zero-order valence-corrected chi connectivity index (χ0v) is 21.8. The molecule has 0 bridgehead atoms. The van der Waals surface area contributed by atoms with E-state index in [1.165, 1.54) is 7.11 Å². The molecule has 1 saturated heterocycles. The third kappa shape index (κ3) is 6.26. The number of Topliss-reactive ketones (excluding diaryl/α,β-unsaturated/α-hetero) is 1. The van der Waals surface area contributed by atoms with Crippen LogP contribution in [0.15, 0.2) is 54.1 Å². The number of aliphatic hydroxyl groups is 1. The minimum absolute atomic E-state index is 0.0933. The van der Waals surface area contributed by atoms with Gasteiger partial charge in [-0.2, -0.15) is 0 Å². The Labute approximate surface area is 214 Å². The van der Waals surface area contributed by atoms with E-state index in [9.17, 15) is 14.7 Å². The Morgan fingerprint density at radius 2 is 1.72 bits per heavy atom. The Morgan fingerprint density at radius 3 is 2.36 bits per heavy atom. The molecular weight excluding hydrogens is 456 g/mol. The summed E-state index contributed by atoms with van der Waals surface area (Å²) in [6.07, 6.45) is 2.74. The first-order valence-electron chi connectivity index (χ1n) is 12.8. The van der Waals surface area contributed by atoms with Crippen LogP contribution < -0.4 is 9.47 Å². The number of unbranched alkanes of at least 4 members (excludes halogenated alkanes) is 1. The Balaban J connectivity index is 1.99. The summed E-state index contributed by atoms with van der Waals surface area (Å²) in [6, 6.07) is 13.6. The molecule has 0 aromatic heterocycles. The Kier molecular flexibility index (Phi) is 9.94. The first-order chi connectivity index (χ1) is 17.4. The Bertz CT molecular complexity index is 1060. The number of benzene rings is 2. The second-order valence-electron chi connectivity index (χ2n) is 8.88. The summed E-state index contributed by atoms with van der Waals surface area (Å²) < 4.78 is 11.1. The van der Waals surface area contributed by atoms with Crippen molar-refractivity contribution in [3.63, 3.8) is 0 Å². The predicted octanol–water partition coefficient (Wildman–Crippen LogP) is 5.03. The van der Waals surface area contributed by atoms with Crippen LogP contribution in [-0.2, 0) is 9.59 Å². The van der Waals surface area contributed by atoms with Crippen molar-refractivity contribution in [2.24, 2.45) is 0 Å². The molecule has 0 spiro atoms. The van der Waals surface area contributed by atoms with Gasteiger partial charge in [-0.15, -0.1) is 0 Å². The van der Waals surface area contributed by atoms with E-state index in [0.717, 1.165) is 50.2 Å². The van der Waals surface area contributed by atoms with Crippen LogP contribution in [0, 0.1) is 0 Å². The van der Waals surface area contributed by atoms with E-state index in [1.54, 1.807) is 29.2 Å². The molecule has 1 fully saturated rings. The number of aliphatic hydroxyl groups excluding tert-OH is 1. The summed E-state index contributed by atoms with van der Waals surface area (Å²) in [5, 5.41) is 11.3. The fourth-order valence-electron chi connectivity index (χ4n) is 4.47. The van der Waals surface area contributed by atoms with Gasteiger partial charge in [0.25, 0.3) is 11.7 Å². The maximum absolute atomic E-state index is 13.2. The monoisotopic (exact) mass is 494 g/mol. The van der Waals surface area contributed by atoms with Crippen LogP contribution >= 0.6 is 0 Å². The lowest BCUT2D eigenvalue weighted by molar-refractivity contribution is -0.140. The number of hydrogen-bond donors (Lipinski definition) is 1. The molecule has 1 unspecified atom stereocenters. The summed E-state index contributed by atoms with van der Waals surface area (Å²) in [7, 11) is 1.54. The lowest BCUT2D eigenvalue weighted by Gasteiger charge is -2.27. The minimum atomic E-state index is -0.683. The van der Waals surface area contributed by atoms with Gasteiger partial charge < -0.3 is 24.4 Å². The zero-order chi connectivity index (χ0) is 26.1. The number of likely N-dealkylation sites (tertiary alicyclic amines) is 1. The van der Waals surface area contributed by atoms with Crippen LogP contribution in [0.5, 0.6) is 11.5 Å². The number of carbonyl (C=O) groups is 2. The van der Waals surface area contributed by atoms with Gasteiger partial charge in [0.2, 0.25) is 0 Å². The first-order valence-corrected chi connectivity index (χ1v) is 12.8. The number of methoxy groups -OCH3 is 1. The van der Waals surface area contributed by atoms with Crippen molar-refractivity contribution in [1.29, 1.82) is 0 Å². The topological polar surface area (TPSA) is 79.3 Å². The number of ketones is 1. The maximum atomic E-state index is 13.2. The third-order valence-corrected chi connectivity index (χ3v) is 6.61. The number of amides is 1. The summed E-state index contributed by atoms with van der Waals surface area (Å²) in [4.78, 5) is 30.3. The van der Waals surface area contributed by atoms with E-state index >= 15 is 0 Å². The lowest BCUT2D eigenvalue weighted by Crippen LogP contribution is -2.33. The normalized spacial score (nSPS) is 17.1. The smallest absolute Gasteiger partial charge is 0.295 e. The second-order valence-corrected chi connectivity index (χ2v) is 8.88. The highest BCUT2D eigenvalue weighted by Gasteiger charge is 2.45. The van der Waals surface area contributed by atoms with Crippen LogP contribution in [0.4, 0.5) is 0 Å². The van der Waals surface area contributed by atoms with E-state index in [2.05, 4.69) is 25.7 Å². The van der Waals surface area contributed by atoms with Crippen molar-refractivity contribution in [1.82, 2.24) is 9.80 Å². The molecule has 1 atom stereocenters. The van der Waals surface area contributed by atoms with Gasteiger partial charge in [0.1, 0.15) is 17.3 Å². The van der Waals surface area contributed by atoms with Crippen molar-refractivity contribution in [2.75, 3.05) is 39.9 Å². The van der Waals surface area contributed by atoms with Gasteiger partial charge in [-0.05, 0) is 62.3 Å². The summed E-state index contributed by atoms with van der Waals surface area (Å²) in [5.41, 5.74) is 1.28. The van der Waals surface area contributed by atoms with Crippen LogP contribution in [0.2, 0.25) is 0 Å². The fourth-order valence-corrected chi connectivity index (χ4v) is 4.47. The van der Waals surface area contributed by atoms with Crippen molar-refractivity contribution < 1.29 is 24.2 Å². The van der Waals surface area contributed by atoms with E-state index in [1.807, 2.05) is 24.3 Å². The molecule has 1 aliphatic heterocycles. The average molecular weight is 495 g/mol. The van der Waals surface area contributed by atoms with Gasteiger partial charge in [0.15, 0.2) is 0 Å². The second kappa shape index (κ2) is 13.1. The van der Waals surface area contributed by atoms with Crippen LogP contribution in [0.1, 0.15) is 57.2 Å². The van der Waals surface area contributed by atoms with Crippen LogP contribution in [0.25, 0.3) is 5.76 Å². The standard InChI is InChI=1S/C29H38N2O5/c1-5-8-19-36-23-15-13-21(14-16-23)26-25(27(32)22-11-9-12-24(20-22)35-4)28(33)29(34)31(26)18-10-17-30(6-2)7-3/h9,11-16,20,26,32H,5-8,10,17-19H2,1-4H3. The molecule has 2 aromatic rings. The molecule has 3 rings (SSSR count). The summed E-state index contributed by atoms with van der Waals surface area (Å²) in [6.45, 7) is 10.0. The molecule has 36 heavy (non-hydrogen) atoms. The van der Waals surface area contributed by atoms with E-state index in [-0.39, 0.29) is 11.3 Å². The molecule has 2 aromatic carbocycles. The van der Waals surface area contributed by atoms with Crippen LogP contribution in [0.3, 0.4) is 0 Å². The SMILES string of the molecule is CCCCOc1ccc(C2C(=C(O)c3cccc(OC)c3)C(=O)C(=O)N2CCCN(CC)CC)cc1. The molecule has 7 nitrogen and oxygen atoms in total. The largest absolute Gasteiger partial charge is 0.507 e.